The quantitative estimate of drug-likeness (QED) is 0.640. The molecule has 0 unspecified atom stereocenters. The first kappa shape index (κ1) is 16.4. The summed E-state index contributed by atoms with van der Waals surface area (Å²) in [7, 11) is -9.83. The van der Waals surface area contributed by atoms with Gasteiger partial charge in [0.1, 0.15) is 0 Å². The molecule has 21 heavy (non-hydrogen) atoms. The molecule has 0 aliphatic carbocycles. The molecule has 2 rings (SSSR count). The van der Waals surface area contributed by atoms with Gasteiger partial charge in [-0.05, 0) is 35.2 Å². The predicted molar refractivity (Wildman–Crippen MR) is 80.3 cm³/mol. The molecule has 8 heteroatoms. The maximum atomic E-state index is 11.4. The van der Waals surface area contributed by atoms with E-state index in [1.807, 2.05) is 19.1 Å². The fraction of sp³-hybridized carbons (Fsp3) is 0.231. The van der Waals surface area contributed by atoms with E-state index in [1.54, 1.807) is 24.3 Å². The predicted octanol–water partition coefficient (Wildman–Crippen LogP) is 2.37. The van der Waals surface area contributed by atoms with Crippen LogP contribution in [0.4, 0.5) is 0 Å². The summed E-state index contributed by atoms with van der Waals surface area (Å²) in [6.07, 6.45) is -0.380. The SMILES string of the molecule is Cc1ccc(CC(P(=O)(O)O)P(=O)(O)O)c2ccccc12. The Morgan fingerprint density at radius 2 is 1.43 bits per heavy atom. The third kappa shape index (κ3) is 3.61. The van der Waals surface area contributed by atoms with Crippen molar-refractivity contribution in [1.82, 2.24) is 0 Å². The Balaban J connectivity index is 2.55. The molecule has 2 aromatic rings. The number of aryl methyl sites for hydroxylation is 1. The molecule has 0 heterocycles. The Hall–Kier alpha value is -1.00. The minimum Gasteiger partial charge on any atom is -0.324 e. The summed E-state index contributed by atoms with van der Waals surface area (Å²) in [4.78, 5) is 36.9. The molecular weight excluding hydrogens is 314 g/mol. The normalized spacial score (nSPS) is 13.0. The van der Waals surface area contributed by atoms with Crippen molar-refractivity contribution < 1.29 is 28.7 Å². The van der Waals surface area contributed by atoms with Gasteiger partial charge in [-0.3, -0.25) is 9.13 Å². The molecule has 0 bridgehead atoms. The Morgan fingerprint density at radius 1 is 0.905 bits per heavy atom. The van der Waals surface area contributed by atoms with Gasteiger partial charge in [-0.2, -0.15) is 0 Å². The van der Waals surface area contributed by atoms with Gasteiger partial charge in [-0.15, -0.1) is 0 Å². The lowest BCUT2D eigenvalue weighted by molar-refractivity contribution is 0.338. The van der Waals surface area contributed by atoms with Gasteiger partial charge < -0.3 is 19.6 Å². The van der Waals surface area contributed by atoms with Gasteiger partial charge in [0.15, 0.2) is 5.40 Å². The number of benzene rings is 2. The third-order valence-electron chi connectivity index (χ3n) is 3.41. The van der Waals surface area contributed by atoms with E-state index in [4.69, 9.17) is 0 Å². The number of fused-ring (bicyclic) bond motifs is 1. The molecule has 114 valence electrons. The van der Waals surface area contributed by atoms with E-state index in [1.165, 1.54) is 0 Å². The minimum atomic E-state index is -4.92. The lowest BCUT2D eigenvalue weighted by Crippen LogP contribution is -2.13. The van der Waals surface area contributed by atoms with Crippen LogP contribution in [0, 0.1) is 6.92 Å². The van der Waals surface area contributed by atoms with Crippen molar-refractivity contribution in [3.63, 3.8) is 0 Å². The summed E-state index contributed by atoms with van der Waals surface area (Å²) in [6, 6.07) is 10.7. The Labute approximate surface area is 121 Å². The molecule has 0 atom stereocenters. The molecule has 2 aromatic carbocycles. The van der Waals surface area contributed by atoms with Crippen molar-refractivity contribution in [2.75, 3.05) is 0 Å². The molecule has 4 N–H and O–H groups in total. The molecular formula is C13H16O6P2. The number of hydrogen-bond donors (Lipinski definition) is 4. The van der Waals surface area contributed by atoms with Crippen LogP contribution in [-0.4, -0.2) is 25.0 Å². The van der Waals surface area contributed by atoms with Crippen molar-refractivity contribution in [3.05, 3.63) is 47.5 Å². The standard InChI is InChI=1S/C13H16O6P2/c1-9-6-7-10(12-5-3-2-4-11(9)12)8-13(20(14,15)16)21(17,18)19/h2-7,13H,8H2,1H3,(H2,14,15,16)(H2,17,18,19). The van der Waals surface area contributed by atoms with Crippen LogP contribution >= 0.6 is 15.2 Å². The molecule has 0 fully saturated rings. The highest BCUT2D eigenvalue weighted by Gasteiger charge is 2.43. The van der Waals surface area contributed by atoms with E-state index in [0.717, 1.165) is 16.3 Å². The van der Waals surface area contributed by atoms with Crippen LogP contribution in [0.25, 0.3) is 10.8 Å². The Bertz CT molecular complexity index is 738. The van der Waals surface area contributed by atoms with E-state index in [9.17, 15) is 28.7 Å². The van der Waals surface area contributed by atoms with Crippen LogP contribution in [-0.2, 0) is 15.6 Å². The smallest absolute Gasteiger partial charge is 0.324 e. The zero-order valence-corrected chi connectivity index (χ0v) is 13.0. The number of hydrogen-bond acceptors (Lipinski definition) is 2. The van der Waals surface area contributed by atoms with Gasteiger partial charge in [-0.25, -0.2) is 0 Å². The Kier molecular flexibility index (Phi) is 4.41. The molecule has 0 saturated carbocycles. The summed E-state index contributed by atoms with van der Waals surface area (Å²) in [5.41, 5.74) is 1.49. The van der Waals surface area contributed by atoms with Crippen LogP contribution in [0.2, 0.25) is 0 Å². The first-order valence-electron chi connectivity index (χ1n) is 6.18. The summed E-state index contributed by atoms with van der Waals surface area (Å²) < 4.78 is 22.8. The average Bonchev–Trinajstić information content (AvgIpc) is 2.35. The van der Waals surface area contributed by atoms with Crippen molar-refractivity contribution >= 4 is 26.0 Å². The maximum Gasteiger partial charge on any atom is 0.341 e. The summed E-state index contributed by atoms with van der Waals surface area (Å²) in [5.74, 6) is 0. The molecule has 0 aliphatic rings. The van der Waals surface area contributed by atoms with Gasteiger partial charge in [0.05, 0.1) is 0 Å². The molecule has 0 amide bonds. The van der Waals surface area contributed by atoms with Gasteiger partial charge in [0.25, 0.3) is 0 Å². The summed E-state index contributed by atoms with van der Waals surface area (Å²) >= 11 is 0. The molecule has 0 aliphatic heterocycles. The van der Waals surface area contributed by atoms with Gasteiger partial charge in [-0.1, -0.05) is 36.4 Å². The fourth-order valence-corrected chi connectivity index (χ4v) is 4.76. The molecule has 6 nitrogen and oxygen atoms in total. The monoisotopic (exact) mass is 330 g/mol. The average molecular weight is 330 g/mol. The van der Waals surface area contributed by atoms with Crippen molar-refractivity contribution in [2.24, 2.45) is 0 Å². The van der Waals surface area contributed by atoms with Crippen LogP contribution in [0.3, 0.4) is 0 Å². The minimum absolute atomic E-state index is 0.380. The third-order valence-corrected chi connectivity index (χ3v) is 7.13. The van der Waals surface area contributed by atoms with Crippen molar-refractivity contribution in [1.29, 1.82) is 0 Å². The Morgan fingerprint density at radius 3 is 1.95 bits per heavy atom. The zero-order chi connectivity index (χ0) is 15.8. The lowest BCUT2D eigenvalue weighted by Gasteiger charge is -2.20. The van der Waals surface area contributed by atoms with Crippen LogP contribution in [0.15, 0.2) is 36.4 Å². The lowest BCUT2D eigenvalue weighted by atomic mass is 9.99. The zero-order valence-electron chi connectivity index (χ0n) is 11.2. The van der Waals surface area contributed by atoms with E-state index in [0.29, 0.717) is 5.56 Å². The van der Waals surface area contributed by atoms with Crippen LogP contribution < -0.4 is 0 Å². The van der Waals surface area contributed by atoms with E-state index in [2.05, 4.69) is 0 Å². The van der Waals surface area contributed by atoms with Gasteiger partial charge in [0.2, 0.25) is 0 Å². The molecule has 0 spiro atoms. The van der Waals surface area contributed by atoms with Crippen LogP contribution in [0.1, 0.15) is 11.1 Å². The molecule has 0 aromatic heterocycles. The largest absolute Gasteiger partial charge is 0.341 e. The second-order valence-corrected chi connectivity index (χ2v) is 8.96. The first-order valence-corrected chi connectivity index (χ1v) is 9.54. The molecule has 0 saturated heterocycles. The van der Waals surface area contributed by atoms with Crippen molar-refractivity contribution in [2.45, 2.75) is 18.7 Å². The second-order valence-electron chi connectivity index (χ2n) is 4.95. The summed E-state index contributed by atoms with van der Waals surface area (Å²) in [5, 5.41) is -0.384. The molecule has 0 radical (unpaired) electrons. The van der Waals surface area contributed by atoms with Crippen LogP contribution in [0.5, 0.6) is 0 Å². The fourth-order valence-electron chi connectivity index (χ4n) is 2.32. The highest BCUT2D eigenvalue weighted by molar-refractivity contribution is 7.70. The summed E-state index contributed by atoms with van der Waals surface area (Å²) in [6.45, 7) is 1.90. The van der Waals surface area contributed by atoms with E-state index >= 15 is 0 Å². The van der Waals surface area contributed by atoms with Crippen molar-refractivity contribution in [3.8, 4) is 0 Å². The highest BCUT2D eigenvalue weighted by atomic mass is 31.2. The van der Waals surface area contributed by atoms with Gasteiger partial charge >= 0.3 is 15.2 Å². The maximum absolute atomic E-state index is 11.4. The first-order chi connectivity index (χ1) is 9.60. The second kappa shape index (κ2) is 5.65. The topological polar surface area (TPSA) is 115 Å². The highest BCUT2D eigenvalue weighted by Crippen LogP contribution is 2.61. The van der Waals surface area contributed by atoms with Gasteiger partial charge in [0, 0.05) is 0 Å². The van der Waals surface area contributed by atoms with E-state index in [-0.39, 0.29) is 6.42 Å². The van der Waals surface area contributed by atoms with E-state index < -0.39 is 20.6 Å². The number of rotatable bonds is 4.